The fourth-order valence-electron chi connectivity index (χ4n) is 0.955. The quantitative estimate of drug-likeness (QED) is 0.761. The first kappa shape index (κ1) is 12.0. The van der Waals surface area contributed by atoms with E-state index in [0.29, 0.717) is 24.8 Å². The highest BCUT2D eigenvalue weighted by Gasteiger charge is 2.00. The van der Waals surface area contributed by atoms with Gasteiger partial charge in [-0.25, -0.2) is 0 Å². The molecule has 0 aliphatic rings. The number of nitrogens with one attached hydrogen (secondary N) is 1. The van der Waals surface area contributed by atoms with Gasteiger partial charge in [-0.3, -0.25) is 4.98 Å². The predicted molar refractivity (Wildman–Crippen MR) is 61.6 cm³/mol. The van der Waals surface area contributed by atoms with Gasteiger partial charge in [0.1, 0.15) is 5.82 Å². The summed E-state index contributed by atoms with van der Waals surface area (Å²) >= 11 is 5.81. The average molecular weight is 230 g/mol. The lowest BCUT2D eigenvalue weighted by atomic mass is 10.4. The first-order valence-corrected chi connectivity index (χ1v) is 5.48. The molecule has 1 heterocycles. The first-order valence-electron chi connectivity index (χ1n) is 5.05. The van der Waals surface area contributed by atoms with E-state index in [9.17, 15) is 0 Å². The van der Waals surface area contributed by atoms with Crippen LogP contribution in [0.5, 0.6) is 5.88 Å². The van der Waals surface area contributed by atoms with Crippen LogP contribution in [0.2, 0.25) is 0 Å². The minimum absolute atomic E-state index is 0.0621. The van der Waals surface area contributed by atoms with Crippen molar-refractivity contribution in [2.75, 3.05) is 18.5 Å². The van der Waals surface area contributed by atoms with E-state index >= 15 is 0 Å². The number of anilines is 1. The molecule has 0 bridgehead atoms. The molecule has 0 saturated carbocycles. The number of aromatic nitrogens is 2. The molecule has 1 atom stereocenters. The third-order valence-corrected chi connectivity index (χ3v) is 1.79. The second-order valence-electron chi connectivity index (χ2n) is 3.25. The Morgan fingerprint density at radius 3 is 3.00 bits per heavy atom. The monoisotopic (exact) mass is 229 g/mol. The molecule has 0 aromatic carbocycles. The highest BCUT2D eigenvalue weighted by atomic mass is 35.5. The van der Waals surface area contributed by atoms with Crippen molar-refractivity contribution >= 4 is 17.4 Å². The van der Waals surface area contributed by atoms with Crippen LogP contribution in [-0.2, 0) is 0 Å². The number of alkyl halides is 1. The van der Waals surface area contributed by atoms with Gasteiger partial charge in [0.05, 0.1) is 19.0 Å². The molecular weight excluding hydrogens is 214 g/mol. The molecule has 0 aliphatic carbocycles. The molecule has 0 aliphatic heterocycles. The van der Waals surface area contributed by atoms with Crippen molar-refractivity contribution in [3.63, 3.8) is 0 Å². The molecule has 1 N–H and O–H groups in total. The second kappa shape index (κ2) is 6.45. The third kappa shape index (κ3) is 4.83. The number of nitrogens with zero attached hydrogens (tertiary/aromatic N) is 2. The fourth-order valence-corrected chi connectivity index (χ4v) is 1.03. The zero-order chi connectivity index (χ0) is 11.1. The lowest BCUT2D eigenvalue weighted by Gasteiger charge is -2.08. The molecule has 0 saturated heterocycles. The van der Waals surface area contributed by atoms with Crippen LogP contribution in [-0.4, -0.2) is 28.5 Å². The van der Waals surface area contributed by atoms with E-state index in [4.69, 9.17) is 16.3 Å². The highest BCUT2D eigenvalue weighted by Crippen LogP contribution is 2.09. The summed E-state index contributed by atoms with van der Waals surface area (Å²) in [5, 5.41) is 3.14. The Morgan fingerprint density at radius 2 is 2.33 bits per heavy atom. The smallest absolute Gasteiger partial charge is 0.234 e. The van der Waals surface area contributed by atoms with Gasteiger partial charge in [-0.15, -0.1) is 11.6 Å². The van der Waals surface area contributed by atoms with Crippen molar-refractivity contribution in [1.29, 1.82) is 0 Å². The molecule has 0 fully saturated rings. The normalized spacial score (nSPS) is 12.2. The largest absolute Gasteiger partial charge is 0.477 e. The second-order valence-corrected chi connectivity index (χ2v) is 4.00. The van der Waals surface area contributed by atoms with Gasteiger partial charge in [-0.1, -0.05) is 6.92 Å². The van der Waals surface area contributed by atoms with Crippen LogP contribution in [0, 0.1) is 0 Å². The maximum absolute atomic E-state index is 5.81. The van der Waals surface area contributed by atoms with E-state index in [-0.39, 0.29) is 5.38 Å². The Labute approximate surface area is 95.0 Å². The van der Waals surface area contributed by atoms with Crippen LogP contribution in [0.15, 0.2) is 12.4 Å². The summed E-state index contributed by atoms with van der Waals surface area (Å²) in [5.74, 6) is 1.24. The summed E-state index contributed by atoms with van der Waals surface area (Å²) < 4.78 is 5.36. The van der Waals surface area contributed by atoms with Crippen LogP contribution >= 0.6 is 11.6 Å². The minimum Gasteiger partial charge on any atom is -0.477 e. The topological polar surface area (TPSA) is 47.0 Å². The van der Waals surface area contributed by atoms with E-state index in [2.05, 4.69) is 15.3 Å². The summed E-state index contributed by atoms with van der Waals surface area (Å²) in [7, 11) is 0. The van der Waals surface area contributed by atoms with Gasteiger partial charge in [0.15, 0.2) is 0 Å². The summed E-state index contributed by atoms with van der Waals surface area (Å²) in [5.41, 5.74) is 0. The average Bonchev–Trinajstić information content (AvgIpc) is 2.24. The maximum Gasteiger partial charge on any atom is 0.234 e. The Kier molecular flexibility index (Phi) is 5.18. The summed E-state index contributed by atoms with van der Waals surface area (Å²) in [6.07, 6.45) is 4.21. The Morgan fingerprint density at radius 1 is 1.53 bits per heavy atom. The SMILES string of the molecule is CCCOc1cncc(NCC(C)Cl)n1. The fraction of sp³-hybridized carbons (Fsp3) is 0.600. The summed E-state index contributed by atoms with van der Waals surface area (Å²) in [6, 6.07) is 0. The molecule has 0 spiro atoms. The Bertz CT molecular complexity index is 294. The van der Waals surface area contributed by atoms with Gasteiger partial charge in [0.25, 0.3) is 0 Å². The molecule has 0 amide bonds. The summed E-state index contributed by atoms with van der Waals surface area (Å²) in [4.78, 5) is 8.25. The van der Waals surface area contributed by atoms with Crippen molar-refractivity contribution < 1.29 is 4.74 Å². The third-order valence-electron chi connectivity index (χ3n) is 1.63. The van der Waals surface area contributed by atoms with Gasteiger partial charge in [0, 0.05) is 11.9 Å². The van der Waals surface area contributed by atoms with Crippen molar-refractivity contribution in [3.8, 4) is 5.88 Å². The number of hydrogen-bond donors (Lipinski definition) is 1. The van der Waals surface area contributed by atoms with Gasteiger partial charge in [-0.05, 0) is 13.3 Å². The Balaban J connectivity index is 2.50. The predicted octanol–water partition coefficient (Wildman–Crippen LogP) is 2.30. The molecule has 4 nitrogen and oxygen atoms in total. The summed E-state index contributed by atoms with van der Waals surface area (Å²) in [6.45, 7) is 5.28. The van der Waals surface area contributed by atoms with Gasteiger partial charge in [-0.2, -0.15) is 4.98 Å². The number of hydrogen-bond acceptors (Lipinski definition) is 4. The molecule has 1 unspecified atom stereocenters. The number of halogens is 1. The van der Waals surface area contributed by atoms with Crippen LogP contribution in [0.4, 0.5) is 5.82 Å². The molecule has 1 rings (SSSR count). The molecule has 0 radical (unpaired) electrons. The highest BCUT2D eigenvalue weighted by molar-refractivity contribution is 6.20. The van der Waals surface area contributed by atoms with Crippen LogP contribution < -0.4 is 10.1 Å². The standard InChI is InChI=1S/C10H16ClN3O/c1-3-4-15-10-7-12-6-9(14-10)13-5-8(2)11/h6-8H,3-5H2,1-2H3,(H,13,14). The van der Waals surface area contributed by atoms with Crippen LogP contribution in [0.1, 0.15) is 20.3 Å². The minimum atomic E-state index is 0.0621. The van der Waals surface area contributed by atoms with E-state index in [1.54, 1.807) is 12.4 Å². The van der Waals surface area contributed by atoms with E-state index < -0.39 is 0 Å². The zero-order valence-electron chi connectivity index (χ0n) is 9.03. The van der Waals surface area contributed by atoms with Crippen LogP contribution in [0.25, 0.3) is 0 Å². The molecular formula is C10H16ClN3O. The van der Waals surface area contributed by atoms with Gasteiger partial charge >= 0.3 is 0 Å². The lowest BCUT2D eigenvalue weighted by molar-refractivity contribution is 0.304. The van der Waals surface area contributed by atoms with Gasteiger partial charge < -0.3 is 10.1 Å². The molecule has 1 aromatic heterocycles. The first-order chi connectivity index (χ1) is 7.22. The van der Waals surface area contributed by atoms with Crippen molar-refractivity contribution in [2.45, 2.75) is 25.6 Å². The molecule has 5 heteroatoms. The van der Waals surface area contributed by atoms with Crippen molar-refractivity contribution in [2.24, 2.45) is 0 Å². The van der Waals surface area contributed by atoms with Gasteiger partial charge in [0.2, 0.25) is 5.88 Å². The number of ether oxygens (including phenoxy) is 1. The van der Waals surface area contributed by atoms with E-state index in [1.165, 1.54) is 0 Å². The molecule has 1 aromatic rings. The van der Waals surface area contributed by atoms with Crippen molar-refractivity contribution in [1.82, 2.24) is 9.97 Å². The Hall–Kier alpha value is -1.03. The van der Waals surface area contributed by atoms with Crippen LogP contribution in [0.3, 0.4) is 0 Å². The van der Waals surface area contributed by atoms with E-state index in [1.807, 2.05) is 13.8 Å². The lowest BCUT2D eigenvalue weighted by Crippen LogP contribution is -2.12. The molecule has 84 valence electrons. The zero-order valence-corrected chi connectivity index (χ0v) is 9.79. The maximum atomic E-state index is 5.81. The van der Waals surface area contributed by atoms with Crippen molar-refractivity contribution in [3.05, 3.63) is 12.4 Å². The molecule has 15 heavy (non-hydrogen) atoms. The number of rotatable bonds is 6. The van der Waals surface area contributed by atoms with E-state index in [0.717, 1.165) is 6.42 Å².